The Morgan fingerprint density at radius 2 is 1.68 bits per heavy atom. The second kappa shape index (κ2) is 11.7. The molecule has 3 aliphatic carbocycles. The molecule has 4 rings (SSSR count). The number of carbonyl (C=O) groups excluding carboxylic acids is 1. The lowest BCUT2D eigenvalue weighted by molar-refractivity contribution is -0.175. The third kappa shape index (κ3) is 5.18. The summed E-state index contributed by atoms with van der Waals surface area (Å²) in [7, 11) is 0. The zero-order chi connectivity index (χ0) is 24.4. The lowest BCUT2D eigenvalue weighted by Gasteiger charge is -2.62. The van der Waals surface area contributed by atoms with Crippen molar-refractivity contribution in [1.82, 2.24) is 4.90 Å². The van der Waals surface area contributed by atoms with Gasteiger partial charge in [-0.05, 0) is 91.8 Å². The Morgan fingerprint density at radius 3 is 2.32 bits per heavy atom. The predicted molar refractivity (Wildman–Crippen MR) is 135 cm³/mol. The molecule has 6 heteroatoms. The number of rotatable bonds is 6. The van der Waals surface area contributed by atoms with Crippen LogP contribution in [0.3, 0.4) is 0 Å². The molecular weight excluding hydrogens is 430 g/mol. The van der Waals surface area contributed by atoms with Crippen LogP contribution < -0.4 is 0 Å². The van der Waals surface area contributed by atoms with E-state index in [0.717, 1.165) is 45.1 Å². The van der Waals surface area contributed by atoms with E-state index in [1.807, 2.05) is 13.8 Å². The largest absolute Gasteiger partial charge is 0.481 e. The van der Waals surface area contributed by atoms with Crippen LogP contribution in [0.5, 0.6) is 0 Å². The van der Waals surface area contributed by atoms with Crippen LogP contribution in [-0.2, 0) is 9.59 Å². The topological polar surface area (TPSA) is 98.1 Å². The minimum atomic E-state index is -0.698. The molecule has 4 fully saturated rings. The van der Waals surface area contributed by atoms with Crippen LogP contribution in [-0.4, -0.2) is 57.9 Å². The Labute approximate surface area is 207 Å². The van der Waals surface area contributed by atoms with Gasteiger partial charge in [0, 0.05) is 19.5 Å². The average molecular weight is 482 g/mol. The SMILES string of the molecule is C.CC.CC12CCC3C(C(O)CC4CN(C(=O)CO)CCC43C)C1CCC2CCCCC(=O)O. The zero-order valence-corrected chi connectivity index (χ0v) is 21.3. The highest BCUT2D eigenvalue weighted by molar-refractivity contribution is 5.77. The maximum Gasteiger partial charge on any atom is 0.303 e. The smallest absolute Gasteiger partial charge is 0.303 e. The summed E-state index contributed by atoms with van der Waals surface area (Å²) in [4.78, 5) is 24.7. The molecule has 8 atom stereocenters. The van der Waals surface area contributed by atoms with Crippen molar-refractivity contribution < 1.29 is 24.9 Å². The zero-order valence-electron chi connectivity index (χ0n) is 21.3. The van der Waals surface area contributed by atoms with Crippen molar-refractivity contribution in [1.29, 1.82) is 0 Å². The van der Waals surface area contributed by atoms with Crippen LogP contribution in [0.1, 0.15) is 99.3 Å². The monoisotopic (exact) mass is 481 g/mol. The molecule has 0 spiro atoms. The van der Waals surface area contributed by atoms with Crippen LogP contribution in [0.25, 0.3) is 0 Å². The summed E-state index contributed by atoms with van der Waals surface area (Å²) in [6.45, 7) is 9.83. The van der Waals surface area contributed by atoms with Crippen molar-refractivity contribution in [2.75, 3.05) is 19.7 Å². The molecule has 6 nitrogen and oxygen atoms in total. The third-order valence-electron chi connectivity index (χ3n) is 10.3. The predicted octanol–water partition coefficient (Wildman–Crippen LogP) is 4.96. The van der Waals surface area contributed by atoms with Crippen LogP contribution in [0.2, 0.25) is 0 Å². The number of carboxylic acids is 1. The second-order valence-corrected chi connectivity index (χ2v) is 11.5. The van der Waals surface area contributed by atoms with Gasteiger partial charge < -0.3 is 20.2 Å². The molecule has 0 aromatic heterocycles. The van der Waals surface area contributed by atoms with E-state index in [2.05, 4.69) is 13.8 Å². The van der Waals surface area contributed by atoms with Gasteiger partial charge in [-0.2, -0.15) is 0 Å². The van der Waals surface area contributed by atoms with Gasteiger partial charge in [-0.25, -0.2) is 0 Å². The van der Waals surface area contributed by atoms with E-state index >= 15 is 0 Å². The molecule has 0 radical (unpaired) electrons. The molecule has 0 aromatic rings. The summed E-state index contributed by atoms with van der Waals surface area (Å²) in [6.07, 6.45) is 9.34. The summed E-state index contributed by atoms with van der Waals surface area (Å²) in [5, 5.41) is 29.5. The summed E-state index contributed by atoms with van der Waals surface area (Å²) < 4.78 is 0. The number of aliphatic carboxylic acids is 1. The van der Waals surface area contributed by atoms with Gasteiger partial charge in [-0.3, -0.25) is 9.59 Å². The fourth-order valence-electron chi connectivity index (χ4n) is 8.50. The molecule has 3 N–H and O–H groups in total. The summed E-state index contributed by atoms with van der Waals surface area (Å²) in [5.41, 5.74) is 0.430. The van der Waals surface area contributed by atoms with Crippen molar-refractivity contribution in [3.8, 4) is 0 Å². The maximum absolute atomic E-state index is 12.1. The number of piperidine rings is 1. The fourth-order valence-corrected chi connectivity index (χ4v) is 8.50. The standard InChI is InChI=1S/C25H41NO5.C2H6.CH4/c1-24-10-9-19-23(18(24)8-7-16(24)5-3-4-6-22(30)31)20(28)13-17-14-26(21(29)15-27)12-11-25(17,19)2;1-2;/h16-20,23,27-28H,3-15H2,1-2H3,(H,30,31);1-2H3;1H4. The molecule has 1 heterocycles. The number of fused-ring (bicyclic) bond motifs is 5. The van der Waals surface area contributed by atoms with Crippen molar-refractivity contribution >= 4 is 11.9 Å². The van der Waals surface area contributed by atoms with Gasteiger partial charge in [-0.1, -0.05) is 41.5 Å². The Hall–Kier alpha value is -1.14. The van der Waals surface area contributed by atoms with Gasteiger partial charge in [0.2, 0.25) is 5.91 Å². The van der Waals surface area contributed by atoms with Gasteiger partial charge in [-0.15, -0.1) is 0 Å². The number of nitrogens with zero attached hydrogens (tertiary/aromatic N) is 1. The van der Waals surface area contributed by atoms with Crippen molar-refractivity contribution in [3.05, 3.63) is 0 Å². The number of carboxylic acid groups (broad SMARTS) is 1. The fraction of sp³-hybridized carbons (Fsp3) is 0.929. The number of unbranched alkanes of at least 4 members (excludes halogenated alkanes) is 1. The average Bonchev–Trinajstić information content (AvgIpc) is 3.13. The van der Waals surface area contributed by atoms with Crippen molar-refractivity contribution in [2.24, 2.45) is 40.4 Å². The van der Waals surface area contributed by atoms with Gasteiger partial charge in [0.1, 0.15) is 6.61 Å². The molecule has 4 aliphatic rings. The molecule has 34 heavy (non-hydrogen) atoms. The minimum absolute atomic E-state index is 0. The Balaban J connectivity index is 0.00000133. The molecule has 198 valence electrons. The number of carbonyl (C=O) groups is 2. The van der Waals surface area contributed by atoms with Crippen molar-refractivity contribution in [2.45, 2.75) is 105 Å². The number of hydrogen-bond acceptors (Lipinski definition) is 4. The van der Waals surface area contributed by atoms with Gasteiger partial charge in [0.15, 0.2) is 0 Å². The molecule has 1 aliphatic heterocycles. The van der Waals surface area contributed by atoms with E-state index in [-0.39, 0.29) is 36.7 Å². The van der Waals surface area contributed by atoms with E-state index in [0.29, 0.717) is 36.1 Å². The molecule has 3 saturated carbocycles. The van der Waals surface area contributed by atoms with E-state index in [4.69, 9.17) is 5.11 Å². The molecular formula is C28H51NO5. The summed E-state index contributed by atoms with van der Waals surface area (Å²) in [5.74, 6) is 1.49. The minimum Gasteiger partial charge on any atom is -0.481 e. The molecule has 1 amide bonds. The van der Waals surface area contributed by atoms with Crippen LogP contribution in [0, 0.1) is 40.4 Å². The Morgan fingerprint density at radius 1 is 1.00 bits per heavy atom. The first-order valence-electron chi connectivity index (χ1n) is 13.5. The normalized spacial score (nSPS) is 40.6. The number of aliphatic hydroxyl groups excluding tert-OH is 2. The lowest BCUT2D eigenvalue weighted by atomic mass is 9.45. The third-order valence-corrected chi connectivity index (χ3v) is 10.3. The lowest BCUT2D eigenvalue weighted by Crippen LogP contribution is -2.61. The second-order valence-electron chi connectivity index (χ2n) is 11.5. The molecule has 1 saturated heterocycles. The number of likely N-dealkylation sites (tertiary alicyclic amines) is 1. The number of hydrogen-bond donors (Lipinski definition) is 3. The van der Waals surface area contributed by atoms with Crippen molar-refractivity contribution in [3.63, 3.8) is 0 Å². The summed E-state index contributed by atoms with van der Waals surface area (Å²) in [6, 6.07) is 0. The van der Waals surface area contributed by atoms with Gasteiger partial charge in [0.25, 0.3) is 0 Å². The number of aliphatic hydroxyl groups is 2. The molecule has 0 bridgehead atoms. The molecule has 0 aromatic carbocycles. The quantitative estimate of drug-likeness (QED) is 0.466. The molecule has 8 unspecified atom stereocenters. The van der Waals surface area contributed by atoms with Gasteiger partial charge >= 0.3 is 5.97 Å². The van der Waals surface area contributed by atoms with Crippen LogP contribution >= 0.6 is 0 Å². The highest BCUT2D eigenvalue weighted by Crippen LogP contribution is 2.67. The van der Waals surface area contributed by atoms with Crippen LogP contribution in [0.15, 0.2) is 0 Å². The van der Waals surface area contributed by atoms with E-state index in [1.165, 1.54) is 19.3 Å². The Bertz CT molecular complexity index is 698. The maximum atomic E-state index is 12.1. The highest BCUT2D eigenvalue weighted by atomic mass is 16.4. The highest BCUT2D eigenvalue weighted by Gasteiger charge is 2.62. The van der Waals surface area contributed by atoms with Gasteiger partial charge in [0.05, 0.1) is 6.10 Å². The first-order valence-corrected chi connectivity index (χ1v) is 13.5. The van der Waals surface area contributed by atoms with E-state index < -0.39 is 12.6 Å². The van der Waals surface area contributed by atoms with Crippen LogP contribution in [0.4, 0.5) is 0 Å². The first kappa shape index (κ1) is 29.1. The van der Waals surface area contributed by atoms with E-state index in [1.54, 1.807) is 4.90 Å². The number of amides is 1. The Kier molecular flexibility index (Phi) is 10.0. The van der Waals surface area contributed by atoms with E-state index in [9.17, 15) is 19.8 Å². The summed E-state index contributed by atoms with van der Waals surface area (Å²) >= 11 is 0. The first-order chi connectivity index (χ1) is 15.7.